The molecule has 2 N–H and O–H groups in total. The van der Waals surface area contributed by atoms with Crippen molar-refractivity contribution in [1.29, 1.82) is 0 Å². The van der Waals surface area contributed by atoms with Crippen LogP contribution in [0, 0.1) is 10.1 Å². The van der Waals surface area contributed by atoms with E-state index in [2.05, 4.69) is 15.4 Å². The van der Waals surface area contributed by atoms with Crippen LogP contribution in [-0.4, -0.2) is 30.1 Å². The maximum absolute atomic E-state index is 11.4. The second-order valence-electron chi connectivity index (χ2n) is 3.73. The lowest BCUT2D eigenvalue weighted by Gasteiger charge is -2.07. The van der Waals surface area contributed by atoms with E-state index >= 15 is 0 Å². The van der Waals surface area contributed by atoms with Gasteiger partial charge in [-0.25, -0.2) is 4.79 Å². The minimum atomic E-state index is -0.601. The highest BCUT2D eigenvalue weighted by molar-refractivity contribution is 5.80. The van der Waals surface area contributed by atoms with Crippen molar-refractivity contribution in [1.82, 2.24) is 10.6 Å². The summed E-state index contributed by atoms with van der Waals surface area (Å²) in [6.45, 7) is 1.63. The van der Waals surface area contributed by atoms with Crippen LogP contribution in [-0.2, 0) is 16.1 Å². The van der Waals surface area contributed by atoms with Crippen LogP contribution in [0.5, 0.6) is 0 Å². The SMILES string of the molecule is CCOC(=O)CNC(=O)NCc1ccccc1[N+](=O)[O-]. The summed E-state index contributed by atoms with van der Waals surface area (Å²) in [6, 6.07) is 5.48. The number of esters is 1. The molecule has 1 aromatic rings. The number of hydrogen-bond donors (Lipinski definition) is 2. The third-order valence-electron chi connectivity index (χ3n) is 2.33. The molecule has 0 fully saturated rings. The summed E-state index contributed by atoms with van der Waals surface area (Å²) in [5.41, 5.74) is 0.307. The first-order valence-electron chi connectivity index (χ1n) is 5.94. The van der Waals surface area contributed by atoms with Crippen LogP contribution in [0.15, 0.2) is 24.3 Å². The molecule has 1 rings (SSSR count). The molecular weight excluding hydrogens is 266 g/mol. The van der Waals surface area contributed by atoms with Gasteiger partial charge in [-0.05, 0) is 6.92 Å². The molecule has 0 radical (unpaired) electrons. The smallest absolute Gasteiger partial charge is 0.325 e. The van der Waals surface area contributed by atoms with Gasteiger partial charge in [0.1, 0.15) is 6.54 Å². The molecule has 0 atom stereocenters. The van der Waals surface area contributed by atoms with Crippen molar-refractivity contribution < 1.29 is 19.2 Å². The number of rotatable bonds is 6. The maximum atomic E-state index is 11.4. The average Bonchev–Trinajstić information content (AvgIpc) is 2.43. The van der Waals surface area contributed by atoms with E-state index in [-0.39, 0.29) is 25.4 Å². The van der Waals surface area contributed by atoms with Gasteiger partial charge in [-0.3, -0.25) is 14.9 Å². The summed E-state index contributed by atoms with van der Waals surface area (Å²) in [4.78, 5) is 32.7. The quantitative estimate of drug-likeness (QED) is 0.458. The minimum absolute atomic E-state index is 0.00812. The molecule has 0 saturated carbocycles. The number of carbonyl (C=O) groups excluding carboxylic acids is 2. The number of nitrogens with zero attached hydrogens (tertiary/aromatic N) is 1. The first kappa shape index (κ1) is 15.4. The fourth-order valence-corrected chi connectivity index (χ4v) is 1.44. The van der Waals surface area contributed by atoms with E-state index in [1.807, 2.05) is 0 Å². The van der Waals surface area contributed by atoms with Gasteiger partial charge in [0, 0.05) is 11.6 Å². The zero-order valence-electron chi connectivity index (χ0n) is 10.9. The van der Waals surface area contributed by atoms with Crippen molar-refractivity contribution in [2.45, 2.75) is 13.5 Å². The third-order valence-corrected chi connectivity index (χ3v) is 2.33. The van der Waals surface area contributed by atoms with Crippen LogP contribution >= 0.6 is 0 Å². The molecule has 108 valence electrons. The molecule has 20 heavy (non-hydrogen) atoms. The summed E-state index contributed by atoms with van der Waals surface area (Å²) in [6.07, 6.45) is 0. The Morgan fingerprint density at radius 1 is 1.30 bits per heavy atom. The standard InChI is InChI=1S/C12H15N3O5/c1-2-20-11(16)8-14-12(17)13-7-9-5-3-4-6-10(9)15(18)19/h3-6H,2,7-8H2,1H3,(H2,13,14,17). The van der Waals surface area contributed by atoms with E-state index in [0.29, 0.717) is 5.56 Å². The number of ether oxygens (including phenoxy) is 1. The van der Waals surface area contributed by atoms with Gasteiger partial charge in [0.25, 0.3) is 5.69 Å². The monoisotopic (exact) mass is 281 g/mol. The Kier molecular flexibility index (Phi) is 5.95. The first-order chi connectivity index (χ1) is 9.54. The summed E-state index contributed by atoms with van der Waals surface area (Å²) < 4.78 is 4.63. The van der Waals surface area contributed by atoms with Gasteiger partial charge in [-0.1, -0.05) is 18.2 Å². The fraction of sp³-hybridized carbons (Fsp3) is 0.333. The van der Waals surface area contributed by atoms with Gasteiger partial charge in [0.05, 0.1) is 18.1 Å². The molecule has 0 unspecified atom stereocenters. The molecule has 8 heteroatoms. The molecule has 0 aliphatic rings. The summed E-state index contributed by atoms with van der Waals surface area (Å²) in [5.74, 6) is -0.548. The number of nitro benzene ring substituents is 1. The highest BCUT2D eigenvalue weighted by atomic mass is 16.6. The summed E-state index contributed by atoms with van der Waals surface area (Å²) in [7, 11) is 0. The predicted octanol–water partition coefficient (Wildman–Crippen LogP) is 0.957. The lowest BCUT2D eigenvalue weighted by Crippen LogP contribution is -2.38. The molecule has 0 aliphatic heterocycles. The number of urea groups is 1. The van der Waals surface area contributed by atoms with Crippen molar-refractivity contribution >= 4 is 17.7 Å². The highest BCUT2D eigenvalue weighted by Crippen LogP contribution is 2.16. The van der Waals surface area contributed by atoms with Gasteiger partial charge < -0.3 is 15.4 Å². The second-order valence-corrected chi connectivity index (χ2v) is 3.73. The Morgan fingerprint density at radius 3 is 2.65 bits per heavy atom. The Balaban J connectivity index is 2.45. The Bertz CT molecular complexity index is 504. The molecule has 0 spiro atoms. The maximum Gasteiger partial charge on any atom is 0.325 e. The zero-order valence-corrected chi connectivity index (χ0v) is 10.9. The highest BCUT2D eigenvalue weighted by Gasteiger charge is 2.13. The Hall–Kier alpha value is -2.64. The van der Waals surface area contributed by atoms with E-state index in [1.165, 1.54) is 6.07 Å². The molecular formula is C12H15N3O5. The van der Waals surface area contributed by atoms with Gasteiger partial charge >= 0.3 is 12.0 Å². The van der Waals surface area contributed by atoms with Crippen LogP contribution in [0.2, 0.25) is 0 Å². The van der Waals surface area contributed by atoms with Gasteiger partial charge in [-0.15, -0.1) is 0 Å². The Morgan fingerprint density at radius 2 is 2.00 bits per heavy atom. The lowest BCUT2D eigenvalue weighted by molar-refractivity contribution is -0.385. The lowest BCUT2D eigenvalue weighted by atomic mass is 10.2. The number of nitro groups is 1. The molecule has 8 nitrogen and oxygen atoms in total. The largest absolute Gasteiger partial charge is 0.465 e. The van der Waals surface area contributed by atoms with Crippen molar-refractivity contribution in [2.24, 2.45) is 0 Å². The van der Waals surface area contributed by atoms with Gasteiger partial charge in [0.15, 0.2) is 0 Å². The van der Waals surface area contributed by atoms with Crippen molar-refractivity contribution in [2.75, 3.05) is 13.2 Å². The summed E-state index contributed by atoms with van der Waals surface area (Å²) >= 11 is 0. The first-order valence-corrected chi connectivity index (χ1v) is 5.94. The van der Waals surface area contributed by atoms with E-state index in [1.54, 1.807) is 25.1 Å². The number of carbonyl (C=O) groups is 2. The van der Waals surface area contributed by atoms with Crippen LogP contribution in [0.4, 0.5) is 10.5 Å². The number of nitrogens with one attached hydrogen (secondary N) is 2. The topological polar surface area (TPSA) is 111 Å². The molecule has 2 amide bonds. The van der Waals surface area contributed by atoms with E-state index < -0.39 is 16.9 Å². The van der Waals surface area contributed by atoms with Crippen LogP contribution in [0.25, 0.3) is 0 Å². The van der Waals surface area contributed by atoms with Crippen LogP contribution < -0.4 is 10.6 Å². The van der Waals surface area contributed by atoms with E-state index in [4.69, 9.17) is 0 Å². The number of benzene rings is 1. The molecule has 0 bridgehead atoms. The number of para-hydroxylation sites is 1. The third kappa shape index (κ3) is 4.92. The normalized spacial score (nSPS) is 9.65. The molecule has 0 aliphatic carbocycles. The number of amides is 2. The zero-order chi connectivity index (χ0) is 15.0. The van der Waals surface area contributed by atoms with Crippen LogP contribution in [0.3, 0.4) is 0 Å². The molecule has 0 saturated heterocycles. The molecule has 0 aromatic heterocycles. The Labute approximate surface area is 115 Å². The molecule has 1 aromatic carbocycles. The summed E-state index contributed by atoms with van der Waals surface area (Å²) in [5, 5.41) is 15.5. The van der Waals surface area contributed by atoms with Crippen molar-refractivity contribution in [3.8, 4) is 0 Å². The predicted molar refractivity (Wildman–Crippen MR) is 70.0 cm³/mol. The number of hydrogen-bond acceptors (Lipinski definition) is 5. The average molecular weight is 281 g/mol. The van der Waals surface area contributed by atoms with Crippen molar-refractivity contribution in [3.05, 3.63) is 39.9 Å². The second kappa shape index (κ2) is 7.72. The van der Waals surface area contributed by atoms with Gasteiger partial charge in [-0.2, -0.15) is 0 Å². The fourth-order valence-electron chi connectivity index (χ4n) is 1.44. The van der Waals surface area contributed by atoms with E-state index in [9.17, 15) is 19.7 Å². The van der Waals surface area contributed by atoms with E-state index in [0.717, 1.165) is 0 Å². The minimum Gasteiger partial charge on any atom is -0.465 e. The van der Waals surface area contributed by atoms with Crippen molar-refractivity contribution in [3.63, 3.8) is 0 Å². The molecule has 0 heterocycles. The van der Waals surface area contributed by atoms with Gasteiger partial charge in [0.2, 0.25) is 0 Å². The van der Waals surface area contributed by atoms with Crippen LogP contribution in [0.1, 0.15) is 12.5 Å².